The third-order valence-electron chi connectivity index (χ3n) is 5.63. The van der Waals surface area contributed by atoms with Crippen molar-refractivity contribution in [3.05, 3.63) is 77.8 Å². The number of nitrogens with zero attached hydrogens (tertiary/aromatic N) is 4. The molecule has 0 saturated heterocycles. The number of aliphatic hydroxyl groups is 1. The number of benzene rings is 1. The second-order valence-electron chi connectivity index (χ2n) is 8.25. The molecular formula is C24H24N4O3. The van der Waals surface area contributed by atoms with Crippen molar-refractivity contribution in [1.29, 1.82) is 0 Å². The van der Waals surface area contributed by atoms with E-state index in [0.717, 1.165) is 39.5 Å². The molecule has 7 nitrogen and oxygen atoms in total. The smallest absolute Gasteiger partial charge is 0.159 e. The average molecular weight is 416 g/mol. The lowest BCUT2D eigenvalue weighted by Gasteiger charge is -2.25. The largest absolute Gasteiger partial charge is 0.496 e. The van der Waals surface area contributed by atoms with E-state index in [1.807, 2.05) is 30.3 Å². The van der Waals surface area contributed by atoms with Gasteiger partial charge in [0.25, 0.3) is 0 Å². The fraction of sp³-hybridized carbons (Fsp3) is 0.292. The summed E-state index contributed by atoms with van der Waals surface area (Å²) in [6, 6.07) is 12.0. The molecule has 1 aliphatic heterocycles. The molecule has 1 aromatic carbocycles. The van der Waals surface area contributed by atoms with Gasteiger partial charge in [-0.25, -0.2) is 15.0 Å². The van der Waals surface area contributed by atoms with Crippen LogP contribution in [0, 0.1) is 0 Å². The first-order valence-electron chi connectivity index (χ1n) is 10.2. The number of fused-ring (bicyclic) bond motifs is 3. The summed E-state index contributed by atoms with van der Waals surface area (Å²) in [5.41, 5.74) is 4.77. The van der Waals surface area contributed by atoms with Crippen LogP contribution in [0.25, 0.3) is 16.8 Å². The van der Waals surface area contributed by atoms with Gasteiger partial charge < -0.3 is 19.0 Å². The Labute approximate surface area is 180 Å². The zero-order chi connectivity index (χ0) is 21.6. The van der Waals surface area contributed by atoms with E-state index in [4.69, 9.17) is 14.5 Å². The van der Waals surface area contributed by atoms with Crippen LogP contribution in [0.15, 0.2) is 55.0 Å². The Morgan fingerprint density at radius 3 is 2.61 bits per heavy atom. The van der Waals surface area contributed by atoms with Crippen LogP contribution < -0.4 is 4.74 Å². The van der Waals surface area contributed by atoms with Gasteiger partial charge in [0.15, 0.2) is 5.82 Å². The van der Waals surface area contributed by atoms with Crippen LogP contribution in [-0.4, -0.2) is 38.2 Å². The average Bonchev–Trinajstić information content (AvgIpc) is 3.16. The van der Waals surface area contributed by atoms with Crippen LogP contribution in [0.1, 0.15) is 42.5 Å². The van der Waals surface area contributed by atoms with Gasteiger partial charge in [0.2, 0.25) is 0 Å². The molecule has 0 fully saturated rings. The highest BCUT2D eigenvalue weighted by Crippen LogP contribution is 2.37. The molecule has 1 atom stereocenters. The summed E-state index contributed by atoms with van der Waals surface area (Å²) in [5.74, 6) is 1.25. The van der Waals surface area contributed by atoms with Crippen LogP contribution in [0.4, 0.5) is 0 Å². The lowest BCUT2D eigenvalue weighted by atomic mass is 9.92. The Kier molecular flexibility index (Phi) is 4.72. The zero-order valence-corrected chi connectivity index (χ0v) is 17.7. The van der Waals surface area contributed by atoms with Crippen molar-refractivity contribution in [3.63, 3.8) is 0 Å². The van der Waals surface area contributed by atoms with Gasteiger partial charge in [0.1, 0.15) is 17.0 Å². The summed E-state index contributed by atoms with van der Waals surface area (Å²) < 4.78 is 13.6. The summed E-state index contributed by atoms with van der Waals surface area (Å²) in [5, 5.41) is 10.1. The van der Waals surface area contributed by atoms with Crippen LogP contribution in [-0.2, 0) is 16.9 Å². The molecule has 7 heteroatoms. The predicted molar refractivity (Wildman–Crippen MR) is 116 cm³/mol. The molecule has 4 heterocycles. The number of ether oxygens (including phenoxy) is 2. The van der Waals surface area contributed by atoms with Crippen molar-refractivity contribution in [2.24, 2.45) is 0 Å². The van der Waals surface area contributed by atoms with Gasteiger partial charge >= 0.3 is 0 Å². The predicted octanol–water partition coefficient (Wildman–Crippen LogP) is 3.69. The number of aromatic nitrogens is 4. The lowest BCUT2D eigenvalue weighted by Crippen LogP contribution is -2.20. The van der Waals surface area contributed by atoms with E-state index in [1.54, 1.807) is 33.4 Å². The van der Waals surface area contributed by atoms with Crippen molar-refractivity contribution in [2.45, 2.75) is 32.0 Å². The van der Waals surface area contributed by atoms with E-state index in [-0.39, 0.29) is 5.92 Å². The molecule has 0 spiro atoms. The fourth-order valence-corrected chi connectivity index (χ4v) is 4.09. The molecule has 0 amide bonds. The highest BCUT2D eigenvalue weighted by molar-refractivity contribution is 5.64. The molecule has 158 valence electrons. The van der Waals surface area contributed by atoms with E-state index in [9.17, 15) is 5.11 Å². The molecule has 0 aliphatic carbocycles. The number of hydrogen-bond acceptors (Lipinski definition) is 6. The van der Waals surface area contributed by atoms with Gasteiger partial charge in [-0.15, -0.1) is 0 Å². The van der Waals surface area contributed by atoms with E-state index >= 15 is 0 Å². The Morgan fingerprint density at radius 1 is 1.10 bits per heavy atom. The number of imidazole rings is 1. The maximum atomic E-state index is 10.1. The quantitative estimate of drug-likeness (QED) is 0.546. The zero-order valence-electron chi connectivity index (χ0n) is 17.7. The minimum atomic E-state index is -1.08. The molecule has 1 aliphatic rings. The maximum Gasteiger partial charge on any atom is 0.159 e. The molecular weight excluding hydrogens is 392 g/mol. The standard InChI is InChI=1S/C24H24N4O3/c1-24(2,29)23-25-10-16(11-26-23)15-8-9-21-27-19-14-31-13-18(22(19)28(21)12-15)17-6-4-5-7-20(17)30-3/h4-12,18,29H,13-14H2,1-3H3. The normalized spacial score (nSPS) is 16.3. The lowest BCUT2D eigenvalue weighted by molar-refractivity contribution is 0.0687. The molecule has 4 aromatic rings. The van der Waals surface area contributed by atoms with Crippen LogP contribution in [0.2, 0.25) is 0 Å². The minimum Gasteiger partial charge on any atom is -0.496 e. The monoisotopic (exact) mass is 416 g/mol. The van der Waals surface area contributed by atoms with Gasteiger partial charge in [-0.05, 0) is 32.0 Å². The fourth-order valence-electron chi connectivity index (χ4n) is 4.09. The Hall–Kier alpha value is -3.29. The topological polar surface area (TPSA) is 81.8 Å². The van der Waals surface area contributed by atoms with Crippen molar-refractivity contribution in [1.82, 2.24) is 19.4 Å². The van der Waals surface area contributed by atoms with Crippen LogP contribution in [0.3, 0.4) is 0 Å². The minimum absolute atomic E-state index is 0.0129. The Morgan fingerprint density at radius 2 is 1.87 bits per heavy atom. The van der Waals surface area contributed by atoms with Crippen LogP contribution in [0.5, 0.6) is 5.75 Å². The number of pyridine rings is 1. The van der Waals surface area contributed by atoms with Crippen LogP contribution >= 0.6 is 0 Å². The summed E-state index contributed by atoms with van der Waals surface area (Å²) in [4.78, 5) is 13.5. The van der Waals surface area contributed by atoms with E-state index in [2.05, 4.69) is 26.6 Å². The molecule has 0 radical (unpaired) electrons. The SMILES string of the molecule is COc1ccccc1C1COCc2nc3ccc(-c4cnc(C(C)(C)O)nc4)cn3c21. The third-order valence-corrected chi connectivity index (χ3v) is 5.63. The van der Waals surface area contributed by atoms with Gasteiger partial charge in [-0.3, -0.25) is 0 Å². The molecule has 0 saturated carbocycles. The molecule has 1 unspecified atom stereocenters. The highest BCUT2D eigenvalue weighted by atomic mass is 16.5. The van der Waals surface area contributed by atoms with E-state index in [0.29, 0.717) is 19.0 Å². The Bertz CT molecular complexity index is 1240. The summed E-state index contributed by atoms with van der Waals surface area (Å²) in [6.45, 7) is 4.40. The number of methoxy groups -OCH3 is 1. The van der Waals surface area contributed by atoms with Gasteiger partial charge in [0.05, 0.1) is 37.6 Å². The first-order chi connectivity index (χ1) is 15.0. The first-order valence-corrected chi connectivity index (χ1v) is 10.2. The summed E-state index contributed by atoms with van der Waals surface area (Å²) in [6.07, 6.45) is 5.55. The van der Waals surface area contributed by atoms with Gasteiger partial charge in [-0.2, -0.15) is 0 Å². The number of hydrogen-bond donors (Lipinski definition) is 1. The maximum absolute atomic E-state index is 10.1. The molecule has 1 N–H and O–H groups in total. The number of para-hydroxylation sites is 1. The summed E-state index contributed by atoms with van der Waals surface area (Å²) in [7, 11) is 1.69. The van der Waals surface area contributed by atoms with E-state index in [1.165, 1.54) is 0 Å². The van der Waals surface area contributed by atoms with E-state index < -0.39 is 5.60 Å². The second-order valence-corrected chi connectivity index (χ2v) is 8.25. The van der Waals surface area contributed by atoms with Crippen molar-refractivity contribution < 1.29 is 14.6 Å². The van der Waals surface area contributed by atoms with Crippen molar-refractivity contribution >= 4 is 5.65 Å². The third kappa shape index (κ3) is 3.45. The Balaban J connectivity index is 1.62. The molecule has 3 aromatic heterocycles. The number of rotatable bonds is 4. The second kappa shape index (κ2) is 7.44. The summed E-state index contributed by atoms with van der Waals surface area (Å²) >= 11 is 0. The highest BCUT2D eigenvalue weighted by Gasteiger charge is 2.29. The molecule has 5 rings (SSSR count). The van der Waals surface area contributed by atoms with Crippen molar-refractivity contribution in [2.75, 3.05) is 13.7 Å². The molecule has 0 bridgehead atoms. The van der Waals surface area contributed by atoms with Crippen molar-refractivity contribution in [3.8, 4) is 16.9 Å². The first kappa shape index (κ1) is 19.7. The van der Waals surface area contributed by atoms with Gasteiger partial charge in [0, 0.05) is 35.3 Å². The van der Waals surface area contributed by atoms with Gasteiger partial charge in [-0.1, -0.05) is 18.2 Å². The molecule has 31 heavy (non-hydrogen) atoms.